The molecule has 20 heavy (non-hydrogen) atoms. The molecule has 106 valence electrons. The zero-order chi connectivity index (χ0) is 13.9. The van der Waals surface area contributed by atoms with E-state index in [0.29, 0.717) is 13.2 Å². The lowest BCUT2D eigenvalue weighted by molar-refractivity contribution is 0.169. The van der Waals surface area contributed by atoms with Gasteiger partial charge in [0, 0.05) is 26.2 Å². The highest BCUT2D eigenvalue weighted by Crippen LogP contribution is 2.40. The minimum atomic E-state index is -0.246. The number of rotatable bonds is 2. The first-order valence-electron chi connectivity index (χ1n) is 6.73. The van der Waals surface area contributed by atoms with Crippen molar-refractivity contribution < 1.29 is 9.47 Å². The quantitative estimate of drug-likeness (QED) is 0.889. The van der Waals surface area contributed by atoms with Gasteiger partial charge < -0.3 is 14.8 Å². The molecule has 2 aliphatic heterocycles. The van der Waals surface area contributed by atoms with Crippen LogP contribution in [0.2, 0.25) is 0 Å². The molecular weight excluding hydrogens is 322 g/mol. The molecule has 1 N–H and O–H groups in total. The Morgan fingerprint density at radius 2 is 2.00 bits per heavy atom. The number of piperazine rings is 1. The fraction of sp³-hybridized carbons (Fsp3) is 0.500. The number of nitrogens with zero attached hydrogens (tertiary/aromatic N) is 2. The van der Waals surface area contributed by atoms with Gasteiger partial charge in [-0.2, -0.15) is 5.26 Å². The van der Waals surface area contributed by atoms with Gasteiger partial charge in [-0.15, -0.1) is 0 Å². The number of fused-ring (bicyclic) bond motifs is 1. The molecule has 1 fully saturated rings. The van der Waals surface area contributed by atoms with Crippen LogP contribution in [0.3, 0.4) is 0 Å². The Bertz CT molecular complexity index is 538. The first-order chi connectivity index (χ1) is 9.79. The van der Waals surface area contributed by atoms with Gasteiger partial charge in [0.05, 0.1) is 10.5 Å². The lowest BCUT2D eigenvalue weighted by Crippen LogP contribution is -2.44. The van der Waals surface area contributed by atoms with Gasteiger partial charge in [-0.3, -0.25) is 4.90 Å². The minimum Gasteiger partial charge on any atom is -0.486 e. The van der Waals surface area contributed by atoms with Crippen molar-refractivity contribution in [1.82, 2.24) is 10.2 Å². The van der Waals surface area contributed by atoms with Gasteiger partial charge >= 0.3 is 0 Å². The molecule has 1 saturated heterocycles. The van der Waals surface area contributed by atoms with E-state index in [1.807, 2.05) is 12.1 Å². The Morgan fingerprint density at radius 3 is 2.75 bits per heavy atom. The summed E-state index contributed by atoms with van der Waals surface area (Å²) in [6.45, 7) is 4.71. The fourth-order valence-corrected chi connectivity index (χ4v) is 3.17. The van der Waals surface area contributed by atoms with Gasteiger partial charge in [0.2, 0.25) is 0 Å². The third-order valence-electron chi connectivity index (χ3n) is 3.57. The lowest BCUT2D eigenvalue weighted by Gasteiger charge is -2.32. The SMILES string of the molecule is N#CC(c1cc(Br)c2c(c1)OCCO2)N1CCNCC1. The predicted molar refractivity (Wildman–Crippen MR) is 77.9 cm³/mol. The number of ether oxygens (including phenoxy) is 2. The van der Waals surface area contributed by atoms with Gasteiger partial charge in [0.15, 0.2) is 11.5 Å². The normalized spacial score (nSPS) is 20.2. The third-order valence-corrected chi connectivity index (χ3v) is 4.16. The highest BCUT2D eigenvalue weighted by molar-refractivity contribution is 9.10. The van der Waals surface area contributed by atoms with Gasteiger partial charge in [0.1, 0.15) is 19.3 Å². The van der Waals surface area contributed by atoms with E-state index in [4.69, 9.17) is 9.47 Å². The van der Waals surface area contributed by atoms with Gasteiger partial charge in [-0.05, 0) is 33.6 Å². The second kappa shape index (κ2) is 6.00. The Hall–Kier alpha value is -1.29. The number of hydrogen-bond donors (Lipinski definition) is 1. The molecule has 0 aliphatic carbocycles. The highest BCUT2D eigenvalue weighted by Gasteiger charge is 2.25. The molecule has 0 bridgehead atoms. The first kappa shape index (κ1) is 13.7. The van der Waals surface area contributed by atoms with E-state index in [-0.39, 0.29) is 6.04 Å². The van der Waals surface area contributed by atoms with Crippen molar-refractivity contribution in [2.24, 2.45) is 0 Å². The summed E-state index contributed by atoms with van der Waals surface area (Å²) in [5.74, 6) is 1.45. The lowest BCUT2D eigenvalue weighted by atomic mass is 10.0. The first-order valence-corrected chi connectivity index (χ1v) is 7.52. The van der Waals surface area contributed by atoms with Crippen LogP contribution >= 0.6 is 15.9 Å². The number of benzene rings is 1. The summed E-state index contributed by atoms with van der Waals surface area (Å²) in [6, 6.07) is 6.04. The summed E-state index contributed by atoms with van der Waals surface area (Å²) in [5, 5.41) is 12.8. The summed E-state index contributed by atoms with van der Waals surface area (Å²) in [4.78, 5) is 2.19. The molecule has 0 spiro atoms. The molecule has 2 aliphatic rings. The number of nitriles is 1. The zero-order valence-electron chi connectivity index (χ0n) is 11.1. The van der Waals surface area contributed by atoms with Crippen LogP contribution in [-0.2, 0) is 0 Å². The van der Waals surface area contributed by atoms with E-state index in [0.717, 1.165) is 47.7 Å². The van der Waals surface area contributed by atoms with E-state index >= 15 is 0 Å². The molecule has 1 aromatic rings. The summed E-state index contributed by atoms with van der Waals surface area (Å²) >= 11 is 3.51. The average Bonchev–Trinajstić information content (AvgIpc) is 2.49. The maximum Gasteiger partial charge on any atom is 0.175 e. The molecule has 0 amide bonds. The predicted octanol–water partition coefficient (Wildman–Crippen LogP) is 1.69. The van der Waals surface area contributed by atoms with Crippen LogP contribution in [0, 0.1) is 11.3 Å². The Labute approximate surface area is 126 Å². The molecule has 3 rings (SSSR count). The molecule has 1 aromatic carbocycles. The van der Waals surface area contributed by atoms with Crippen LogP contribution in [0.1, 0.15) is 11.6 Å². The molecular formula is C14H16BrN3O2. The smallest absolute Gasteiger partial charge is 0.175 e. The molecule has 6 heteroatoms. The molecule has 5 nitrogen and oxygen atoms in total. The van der Waals surface area contributed by atoms with Gasteiger partial charge in [-0.25, -0.2) is 0 Å². The standard InChI is InChI=1S/C14H16BrN3O2/c15-11-7-10(8-13-14(11)20-6-5-19-13)12(9-16)18-3-1-17-2-4-18/h7-8,12,17H,1-6H2. The van der Waals surface area contributed by atoms with E-state index < -0.39 is 0 Å². The summed E-state index contributed by atoms with van der Waals surface area (Å²) in [7, 11) is 0. The number of hydrogen-bond acceptors (Lipinski definition) is 5. The maximum absolute atomic E-state index is 9.53. The van der Waals surface area contributed by atoms with Gasteiger partial charge in [0.25, 0.3) is 0 Å². The molecule has 1 unspecified atom stereocenters. The zero-order valence-corrected chi connectivity index (χ0v) is 12.6. The summed E-state index contributed by atoms with van der Waals surface area (Å²) in [5.41, 5.74) is 0.950. The molecule has 1 atom stereocenters. The van der Waals surface area contributed by atoms with Crippen LogP contribution in [-0.4, -0.2) is 44.3 Å². The summed E-state index contributed by atoms with van der Waals surface area (Å²) in [6.07, 6.45) is 0. The second-order valence-corrected chi connectivity index (χ2v) is 5.70. The monoisotopic (exact) mass is 337 g/mol. The molecule has 0 saturated carbocycles. The second-order valence-electron chi connectivity index (χ2n) is 4.84. The maximum atomic E-state index is 9.53. The fourth-order valence-electron chi connectivity index (χ4n) is 2.60. The Morgan fingerprint density at radius 1 is 1.25 bits per heavy atom. The number of halogens is 1. The molecule has 0 radical (unpaired) electrons. The van der Waals surface area contributed by atoms with E-state index in [1.54, 1.807) is 0 Å². The van der Waals surface area contributed by atoms with Gasteiger partial charge in [-0.1, -0.05) is 0 Å². The Kier molecular flexibility index (Phi) is 4.10. The summed E-state index contributed by atoms with van der Waals surface area (Å²) < 4.78 is 12.1. The van der Waals surface area contributed by atoms with Crippen LogP contribution in [0.15, 0.2) is 16.6 Å². The van der Waals surface area contributed by atoms with Crippen molar-refractivity contribution in [3.05, 3.63) is 22.2 Å². The van der Waals surface area contributed by atoms with Crippen molar-refractivity contribution in [3.63, 3.8) is 0 Å². The minimum absolute atomic E-state index is 0.246. The van der Waals surface area contributed by atoms with Crippen LogP contribution in [0.5, 0.6) is 11.5 Å². The largest absolute Gasteiger partial charge is 0.486 e. The van der Waals surface area contributed by atoms with Crippen molar-refractivity contribution >= 4 is 15.9 Å². The van der Waals surface area contributed by atoms with Crippen LogP contribution in [0.4, 0.5) is 0 Å². The van der Waals surface area contributed by atoms with E-state index in [9.17, 15) is 5.26 Å². The van der Waals surface area contributed by atoms with Crippen LogP contribution < -0.4 is 14.8 Å². The molecule has 2 heterocycles. The van der Waals surface area contributed by atoms with E-state index in [1.165, 1.54) is 0 Å². The molecule has 0 aromatic heterocycles. The van der Waals surface area contributed by atoms with Crippen molar-refractivity contribution in [1.29, 1.82) is 5.26 Å². The van der Waals surface area contributed by atoms with Crippen molar-refractivity contribution in [2.45, 2.75) is 6.04 Å². The third kappa shape index (κ3) is 2.62. The Balaban J connectivity index is 1.91. The van der Waals surface area contributed by atoms with E-state index in [2.05, 4.69) is 32.2 Å². The number of nitrogens with one attached hydrogen (secondary N) is 1. The van der Waals surface area contributed by atoms with Crippen molar-refractivity contribution in [2.75, 3.05) is 39.4 Å². The average molecular weight is 338 g/mol. The highest BCUT2D eigenvalue weighted by atomic mass is 79.9. The van der Waals surface area contributed by atoms with Crippen molar-refractivity contribution in [3.8, 4) is 17.6 Å². The topological polar surface area (TPSA) is 57.5 Å². The van der Waals surface area contributed by atoms with Crippen LogP contribution in [0.25, 0.3) is 0 Å².